The number of aromatic amines is 1. The smallest absolute Gasteiger partial charge is 0.410 e. The molecule has 180 valence electrons. The Labute approximate surface area is 199 Å². The summed E-state index contributed by atoms with van der Waals surface area (Å²) in [5.41, 5.74) is 5.26. The zero-order valence-electron chi connectivity index (χ0n) is 20.8. The molecule has 0 radical (unpaired) electrons. The Morgan fingerprint density at radius 1 is 1.29 bits per heavy atom. The molecule has 1 aliphatic heterocycles. The van der Waals surface area contributed by atoms with Crippen molar-refractivity contribution in [2.45, 2.75) is 66.0 Å². The van der Waals surface area contributed by atoms with Crippen LogP contribution in [0.15, 0.2) is 42.0 Å². The Kier molecular flexibility index (Phi) is 6.02. The number of hydrogen-bond acceptors (Lipinski definition) is 4. The molecule has 1 aliphatic rings. The lowest BCUT2D eigenvalue weighted by atomic mass is 9.98. The standard InChI is InChI=1S/C26H33N5O3/c1-8-9-20-16(2)14-19(15-17(20)3)31-23(30-13-11-27-24(30)32)22-18(4)29(12-10-21(22)28-31)25(33)34-26(5,6)7/h8,11,13-15,18H,1,9-10,12H2,2-7H3,(H,27,32)/t18-/m0/s1. The monoisotopic (exact) mass is 463 g/mol. The lowest BCUT2D eigenvalue weighted by molar-refractivity contribution is 0.0159. The van der Waals surface area contributed by atoms with Crippen LogP contribution in [0.3, 0.4) is 0 Å². The molecule has 34 heavy (non-hydrogen) atoms. The summed E-state index contributed by atoms with van der Waals surface area (Å²) in [7, 11) is 0. The number of aromatic nitrogens is 4. The molecule has 2 aromatic heterocycles. The molecule has 0 saturated heterocycles. The van der Waals surface area contributed by atoms with Gasteiger partial charge in [-0.15, -0.1) is 6.58 Å². The molecule has 1 atom stereocenters. The molecule has 0 bridgehead atoms. The van der Waals surface area contributed by atoms with Crippen LogP contribution in [0.2, 0.25) is 0 Å². The normalized spacial score (nSPS) is 15.8. The van der Waals surface area contributed by atoms with Crippen molar-refractivity contribution in [1.82, 2.24) is 24.2 Å². The molecule has 0 saturated carbocycles. The van der Waals surface area contributed by atoms with E-state index in [0.29, 0.717) is 18.8 Å². The van der Waals surface area contributed by atoms with Gasteiger partial charge in [0, 0.05) is 30.9 Å². The second-order valence-electron chi connectivity index (χ2n) is 9.88. The van der Waals surface area contributed by atoms with E-state index in [4.69, 9.17) is 9.84 Å². The van der Waals surface area contributed by atoms with E-state index in [1.807, 2.05) is 38.5 Å². The first-order chi connectivity index (χ1) is 16.0. The Morgan fingerprint density at radius 2 is 1.97 bits per heavy atom. The number of aryl methyl sites for hydroxylation is 2. The zero-order chi connectivity index (χ0) is 24.8. The van der Waals surface area contributed by atoms with E-state index < -0.39 is 5.60 Å². The predicted octanol–water partition coefficient (Wildman–Crippen LogP) is 4.55. The van der Waals surface area contributed by atoms with Gasteiger partial charge in [-0.1, -0.05) is 6.08 Å². The van der Waals surface area contributed by atoms with Gasteiger partial charge in [-0.2, -0.15) is 5.10 Å². The highest BCUT2D eigenvalue weighted by molar-refractivity contribution is 5.70. The minimum Gasteiger partial charge on any atom is -0.444 e. The number of hydrogen-bond donors (Lipinski definition) is 1. The average molecular weight is 464 g/mol. The summed E-state index contributed by atoms with van der Waals surface area (Å²) in [6, 6.07) is 3.86. The van der Waals surface area contributed by atoms with Crippen molar-refractivity contribution in [3.05, 3.63) is 75.6 Å². The van der Waals surface area contributed by atoms with Crippen molar-refractivity contribution < 1.29 is 9.53 Å². The molecule has 0 spiro atoms. The maximum Gasteiger partial charge on any atom is 0.410 e. The third-order valence-corrected chi connectivity index (χ3v) is 6.23. The highest BCUT2D eigenvalue weighted by Gasteiger charge is 2.36. The number of allylic oxidation sites excluding steroid dienone is 1. The van der Waals surface area contributed by atoms with Crippen molar-refractivity contribution in [3.8, 4) is 11.5 Å². The van der Waals surface area contributed by atoms with Crippen LogP contribution in [0.4, 0.5) is 4.79 Å². The van der Waals surface area contributed by atoms with Gasteiger partial charge in [-0.05, 0) is 76.8 Å². The molecular weight excluding hydrogens is 430 g/mol. The van der Waals surface area contributed by atoms with E-state index >= 15 is 0 Å². The van der Waals surface area contributed by atoms with Gasteiger partial charge in [0.1, 0.15) is 11.4 Å². The van der Waals surface area contributed by atoms with E-state index in [9.17, 15) is 9.59 Å². The highest BCUT2D eigenvalue weighted by Crippen LogP contribution is 2.36. The minimum absolute atomic E-state index is 0.262. The first-order valence-electron chi connectivity index (χ1n) is 11.6. The predicted molar refractivity (Wildman–Crippen MR) is 132 cm³/mol. The summed E-state index contributed by atoms with van der Waals surface area (Å²) in [6.45, 7) is 16.0. The fourth-order valence-electron chi connectivity index (χ4n) is 4.68. The third kappa shape index (κ3) is 4.20. The van der Waals surface area contributed by atoms with Crippen molar-refractivity contribution >= 4 is 6.09 Å². The Balaban J connectivity index is 1.88. The Hall–Kier alpha value is -3.55. The molecule has 1 amide bonds. The van der Waals surface area contributed by atoms with Gasteiger partial charge < -0.3 is 14.6 Å². The van der Waals surface area contributed by atoms with Crippen molar-refractivity contribution in [1.29, 1.82) is 0 Å². The lowest BCUT2D eigenvalue weighted by Crippen LogP contribution is -2.42. The largest absolute Gasteiger partial charge is 0.444 e. The van der Waals surface area contributed by atoms with E-state index in [-0.39, 0.29) is 17.8 Å². The first-order valence-corrected chi connectivity index (χ1v) is 11.6. The van der Waals surface area contributed by atoms with Crippen LogP contribution in [0.5, 0.6) is 0 Å². The number of ether oxygens (including phenoxy) is 1. The molecule has 4 rings (SSSR count). The maximum atomic E-state index is 13.0. The van der Waals surface area contributed by atoms with Crippen LogP contribution >= 0.6 is 0 Å². The van der Waals surface area contributed by atoms with Crippen LogP contribution in [-0.2, 0) is 17.6 Å². The van der Waals surface area contributed by atoms with E-state index in [1.54, 1.807) is 21.9 Å². The van der Waals surface area contributed by atoms with Crippen LogP contribution in [-0.4, -0.2) is 42.5 Å². The fraction of sp³-hybridized carbons (Fsp3) is 0.423. The highest BCUT2D eigenvalue weighted by atomic mass is 16.6. The number of H-pyrrole nitrogens is 1. The second-order valence-corrected chi connectivity index (χ2v) is 9.88. The van der Waals surface area contributed by atoms with Gasteiger partial charge in [0.25, 0.3) is 0 Å². The van der Waals surface area contributed by atoms with E-state index in [0.717, 1.165) is 34.5 Å². The summed E-state index contributed by atoms with van der Waals surface area (Å²) < 4.78 is 9.04. The van der Waals surface area contributed by atoms with Crippen molar-refractivity contribution in [2.75, 3.05) is 6.54 Å². The summed E-state index contributed by atoms with van der Waals surface area (Å²) in [5.74, 6) is 0.636. The third-order valence-electron chi connectivity index (χ3n) is 6.23. The van der Waals surface area contributed by atoms with E-state index in [2.05, 4.69) is 37.5 Å². The summed E-state index contributed by atoms with van der Waals surface area (Å²) in [5, 5.41) is 4.94. The number of benzene rings is 1. The molecule has 1 aromatic carbocycles. The number of amides is 1. The molecule has 8 heteroatoms. The Morgan fingerprint density at radius 3 is 2.53 bits per heavy atom. The maximum absolute atomic E-state index is 13.0. The van der Waals surface area contributed by atoms with Crippen LogP contribution in [0.1, 0.15) is 61.7 Å². The van der Waals surface area contributed by atoms with Crippen LogP contribution in [0.25, 0.3) is 11.5 Å². The quantitative estimate of drug-likeness (QED) is 0.575. The number of carbonyl (C=O) groups excluding carboxylic acids is 1. The topological polar surface area (TPSA) is 85.2 Å². The molecule has 8 nitrogen and oxygen atoms in total. The van der Waals surface area contributed by atoms with Gasteiger partial charge >= 0.3 is 11.8 Å². The summed E-state index contributed by atoms with van der Waals surface area (Å²) in [6.07, 6.45) is 6.20. The second kappa shape index (κ2) is 8.66. The molecular formula is C26H33N5O3. The lowest BCUT2D eigenvalue weighted by Gasteiger charge is -2.34. The molecule has 0 aliphatic carbocycles. The number of rotatable bonds is 4. The van der Waals surface area contributed by atoms with Crippen LogP contribution in [0, 0.1) is 13.8 Å². The molecule has 0 fully saturated rings. The van der Waals surface area contributed by atoms with E-state index in [1.165, 1.54) is 5.56 Å². The Bertz CT molecular complexity index is 1280. The fourth-order valence-corrected chi connectivity index (χ4v) is 4.68. The number of carbonyl (C=O) groups is 1. The number of imidazole rings is 1. The molecule has 3 heterocycles. The number of fused-ring (bicyclic) bond motifs is 1. The van der Waals surface area contributed by atoms with Crippen molar-refractivity contribution in [2.24, 2.45) is 0 Å². The zero-order valence-corrected chi connectivity index (χ0v) is 20.8. The molecule has 1 N–H and O–H groups in total. The number of nitrogens with one attached hydrogen (secondary N) is 1. The molecule has 0 unspecified atom stereocenters. The van der Waals surface area contributed by atoms with Gasteiger partial charge in [0.05, 0.1) is 17.4 Å². The van der Waals surface area contributed by atoms with Crippen molar-refractivity contribution in [3.63, 3.8) is 0 Å². The van der Waals surface area contributed by atoms with Gasteiger partial charge in [-0.25, -0.2) is 14.3 Å². The van der Waals surface area contributed by atoms with Crippen LogP contribution < -0.4 is 5.69 Å². The summed E-state index contributed by atoms with van der Waals surface area (Å²) in [4.78, 5) is 30.1. The SMILES string of the molecule is C=CCc1c(C)cc(-n2nc3c(c2-n2cc[nH]c2=O)[C@H](C)N(C(=O)OC(C)(C)C)CC3)cc1C. The first kappa shape index (κ1) is 23.6. The number of nitrogens with zero attached hydrogens (tertiary/aromatic N) is 4. The van der Waals surface area contributed by atoms with Gasteiger partial charge in [0.15, 0.2) is 0 Å². The van der Waals surface area contributed by atoms with Gasteiger partial charge in [0.2, 0.25) is 0 Å². The minimum atomic E-state index is -0.593. The average Bonchev–Trinajstić information content (AvgIpc) is 3.32. The van der Waals surface area contributed by atoms with Gasteiger partial charge in [-0.3, -0.25) is 4.57 Å². The summed E-state index contributed by atoms with van der Waals surface area (Å²) >= 11 is 0. The molecule has 3 aromatic rings.